The molecule has 0 spiro atoms. The smallest absolute Gasteiger partial charge is 0.244 e. The zero-order valence-corrected chi connectivity index (χ0v) is 13.7. The van der Waals surface area contributed by atoms with Crippen LogP contribution >= 0.6 is 0 Å². The van der Waals surface area contributed by atoms with Gasteiger partial charge >= 0.3 is 0 Å². The lowest BCUT2D eigenvalue weighted by atomic mass is 10.4. The molecule has 5 nitrogen and oxygen atoms in total. The number of nitrogens with one attached hydrogen (secondary N) is 1. The molecule has 0 aliphatic heterocycles. The summed E-state index contributed by atoms with van der Waals surface area (Å²) in [6.07, 6.45) is 6.45. The van der Waals surface area contributed by atoms with Crippen molar-refractivity contribution in [2.75, 3.05) is 20.1 Å². The second-order valence-corrected chi connectivity index (χ2v) is 8.46. The number of aromatic nitrogens is 1. The van der Waals surface area contributed by atoms with Crippen LogP contribution in [0.25, 0.3) is 0 Å². The van der Waals surface area contributed by atoms with E-state index in [1.807, 2.05) is 18.7 Å². The minimum atomic E-state index is -3.35. The van der Waals surface area contributed by atoms with Crippen LogP contribution in [0.5, 0.6) is 0 Å². The van der Waals surface area contributed by atoms with Crippen LogP contribution in [-0.2, 0) is 23.6 Å². The number of sulfonamides is 1. The number of hydrogen-bond acceptors (Lipinski definition) is 3. The maximum Gasteiger partial charge on any atom is 0.244 e. The van der Waals surface area contributed by atoms with Crippen molar-refractivity contribution >= 4 is 10.0 Å². The first kappa shape index (κ1) is 15.1. The fourth-order valence-electron chi connectivity index (χ4n) is 2.67. The Hall–Kier alpha value is -0.850. The third-order valence-corrected chi connectivity index (χ3v) is 6.19. The number of nitrogens with zero attached hydrogens (tertiary/aromatic N) is 2. The molecule has 3 rings (SSSR count). The van der Waals surface area contributed by atoms with E-state index in [1.165, 1.54) is 25.7 Å². The fourth-order valence-corrected chi connectivity index (χ4v) is 4.36. The van der Waals surface area contributed by atoms with Crippen LogP contribution < -0.4 is 5.32 Å². The predicted octanol–water partition coefficient (Wildman–Crippen LogP) is 1.56. The molecule has 0 atom stereocenters. The van der Waals surface area contributed by atoms with Crippen LogP contribution in [0.3, 0.4) is 0 Å². The predicted molar refractivity (Wildman–Crippen MR) is 82.4 cm³/mol. The molecule has 6 heteroatoms. The van der Waals surface area contributed by atoms with Crippen molar-refractivity contribution in [2.24, 2.45) is 18.9 Å². The van der Waals surface area contributed by atoms with Crippen molar-refractivity contribution in [1.29, 1.82) is 0 Å². The molecule has 1 aromatic heterocycles. The van der Waals surface area contributed by atoms with Gasteiger partial charge in [0, 0.05) is 38.6 Å². The van der Waals surface area contributed by atoms with Gasteiger partial charge in [-0.2, -0.15) is 4.31 Å². The Morgan fingerprint density at radius 2 is 1.81 bits per heavy atom. The Labute approximate surface area is 127 Å². The van der Waals surface area contributed by atoms with E-state index in [-0.39, 0.29) is 0 Å². The van der Waals surface area contributed by atoms with Crippen LogP contribution in [0.15, 0.2) is 17.2 Å². The number of rotatable bonds is 8. The molecule has 0 unspecified atom stereocenters. The van der Waals surface area contributed by atoms with E-state index in [0.717, 1.165) is 5.69 Å². The molecule has 1 aromatic rings. The molecular formula is C15H25N3O2S. The molecule has 2 aliphatic rings. The zero-order valence-electron chi connectivity index (χ0n) is 12.9. The first-order chi connectivity index (χ1) is 10.0. The second-order valence-electron chi connectivity index (χ2n) is 6.52. The normalized spacial score (nSPS) is 19.4. The Morgan fingerprint density at radius 3 is 2.29 bits per heavy atom. The number of aryl methyl sites for hydroxylation is 1. The molecule has 1 heterocycles. The van der Waals surface area contributed by atoms with E-state index in [9.17, 15) is 8.42 Å². The molecule has 0 aromatic carbocycles. The van der Waals surface area contributed by atoms with E-state index in [2.05, 4.69) is 5.32 Å². The molecule has 118 valence electrons. The summed E-state index contributed by atoms with van der Waals surface area (Å²) in [5.41, 5.74) is 0.994. The molecule has 0 bridgehead atoms. The molecule has 21 heavy (non-hydrogen) atoms. The maximum atomic E-state index is 12.9. The standard InChI is InChI=1S/C15H25N3O2S/c1-16-8-14-7-15(11-17(14)2)21(19,20)18(9-12-3-4-12)10-13-5-6-13/h7,11-13,16H,3-6,8-10H2,1-2H3. The van der Waals surface area contributed by atoms with Gasteiger partial charge in [0.15, 0.2) is 0 Å². The summed E-state index contributed by atoms with van der Waals surface area (Å²) in [6, 6.07) is 1.80. The third kappa shape index (κ3) is 3.49. The Balaban J connectivity index is 1.82. The molecule has 0 saturated heterocycles. The summed E-state index contributed by atoms with van der Waals surface area (Å²) in [5.74, 6) is 1.16. The van der Waals surface area contributed by atoms with Gasteiger partial charge in [-0.25, -0.2) is 8.42 Å². The van der Waals surface area contributed by atoms with Gasteiger partial charge in [0.1, 0.15) is 4.90 Å². The number of hydrogen-bond donors (Lipinski definition) is 1. The van der Waals surface area contributed by atoms with Crippen molar-refractivity contribution < 1.29 is 8.42 Å². The van der Waals surface area contributed by atoms with Crippen LogP contribution in [0.4, 0.5) is 0 Å². The minimum Gasteiger partial charge on any atom is -0.352 e. The van der Waals surface area contributed by atoms with Gasteiger partial charge in [-0.05, 0) is 50.6 Å². The summed E-state index contributed by atoms with van der Waals surface area (Å²) < 4.78 is 29.5. The summed E-state index contributed by atoms with van der Waals surface area (Å²) in [4.78, 5) is 0.441. The summed E-state index contributed by atoms with van der Waals surface area (Å²) in [5, 5.41) is 3.07. The average molecular weight is 311 g/mol. The van der Waals surface area contributed by atoms with Crippen LogP contribution in [-0.4, -0.2) is 37.4 Å². The van der Waals surface area contributed by atoms with Gasteiger partial charge in [0.2, 0.25) is 10.0 Å². The maximum absolute atomic E-state index is 12.9. The fraction of sp³-hybridized carbons (Fsp3) is 0.733. The van der Waals surface area contributed by atoms with Crippen molar-refractivity contribution in [3.8, 4) is 0 Å². The van der Waals surface area contributed by atoms with E-state index < -0.39 is 10.0 Å². The van der Waals surface area contributed by atoms with Gasteiger partial charge in [0.05, 0.1) is 0 Å². The van der Waals surface area contributed by atoms with Gasteiger partial charge in [0.25, 0.3) is 0 Å². The molecule has 1 N–H and O–H groups in total. The highest BCUT2D eigenvalue weighted by Gasteiger charge is 2.36. The van der Waals surface area contributed by atoms with Crippen LogP contribution in [0, 0.1) is 11.8 Å². The molecule has 2 aliphatic carbocycles. The lowest BCUT2D eigenvalue weighted by molar-refractivity contribution is 0.382. The third-order valence-electron chi connectivity index (χ3n) is 4.40. The highest BCUT2D eigenvalue weighted by molar-refractivity contribution is 7.89. The van der Waals surface area contributed by atoms with E-state index >= 15 is 0 Å². The van der Waals surface area contributed by atoms with E-state index in [1.54, 1.807) is 16.6 Å². The Morgan fingerprint density at radius 1 is 1.24 bits per heavy atom. The Bertz CT molecular complexity index is 586. The van der Waals surface area contributed by atoms with Crippen molar-refractivity contribution in [2.45, 2.75) is 37.1 Å². The summed E-state index contributed by atoms with van der Waals surface area (Å²) in [6.45, 7) is 2.08. The lowest BCUT2D eigenvalue weighted by Crippen LogP contribution is -2.34. The van der Waals surface area contributed by atoms with Gasteiger partial charge in [-0.3, -0.25) is 0 Å². The average Bonchev–Trinajstić information content (AvgIpc) is 3.33. The largest absolute Gasteiger partial charge is 0.352 e. The van der Waals surface area contributed by atoms with Gasteiger partial charge in [-0.1, -0.05) is 0 Å². The molecule has 2 saturated carbocycles. The zero-order chi connectivity index (χ0) is 15.0. The molecular weight excluding hydrogens is 286 g/mol. The van der Waals surface area contributed by atoms with Gasteiger partial charge < -0.3 is 9.88 Å². The highest BCUT2D eigenvalue weighted by Crippen LogP contribution is 2.36. The minimum absolute atomic E-state index is 0.441. The van der Waals surface area contributed by atoms with Crippen molar-refractivity contribution in [1.82, 2.24) is 14.2 Å². The quantitative estimate of drug-likeness (QED) is 0.792. The second kappa shape index (κ2) is 5.74. The van der Waals surface area contributed by atoms with Crippen LogP contribution in [0.2, 0.25) is 0 Å². The molecule has 0 radical (unpaired) electrons. The summed E-state index contributed by atoms with van der Waals surface area (Å²) >= 11 is 0. The van der Waals surface area contributed by atoms with Gasteiger partial charge in [-0.15, -0.1) is 0 Å². The van der Waals surface area contributed by atoms with E-state index in [0.29, 0.717) is 36.4 Å². The first-order valence-corrected chi connectivity index (χ1v) is 9.24. The van der Waals surface area contributed by atoms with Crippen LogP contribution in [0.1, 0.15) is 31.4 Å². The highest BCUT2D eigenvalue weighted by atomic mass is 32.2. The lowest BCUT2D eigenvalue weighted by Gasteiger charge is -2.21. The Kier molecular flexibility index (Phi) is 4.12. The first-order valence-electron chi connectivity index (χ1n) is 7.80. The van der Waals surface area contributed by atoms with Crippen molar-refractivity contribution in [3.05, 3.63) is 18.0 Å². The van der Waals surface area contributed by atoms with E-state index in [4.69, 9.17) is 0 Å². The SMILES string of the molecule is CNCc1cc(S(=O)(=O)N(CC2CC2)CC2CC2)cn1C. The van der Waals surface area contributed by atoms with Crippen molar-refractivity contribution in [3.63, 3.8) is 0 Å². The summed E-state index contributed by atoms with van der Waals surface area (Å²) in [7, 11) is 0.423. The topological polar surface area (TPSA) is 54.3 Å². The molecule has 0 amide bonds. The molecule has 2 fully saturated rings. The monoisotopic (exact) mass is 311 g/mol.